The Balaban J connectivity index is 2.57. The first-order valence-corrected chi connectivity index (χ1v) is 6.41. The van der Waals surface area contributed by atoms with Crippen LogP contribution in [-0.2, 0) is 9.53 Å². The molecule has 18 heavy (non-hydrogen) atoms. The average molecular weight is 274 g/mol. The topological polar surface area (TPSA) is 46.6 Å². The molecule has 0 saturated heterocycles. The fraction of sp³-hybridized carbons (Fsp3) is 0.692. The van der Waals surface area contributed by atoms with Gasteiger partial charge in [-0.15, -0.1) is 0 Å². The molecule has 0 atom stereocenters. The lowest BCUT2D eigenvalue weighted by Crippen LogP contribution is -2.41. The van der Waals surface area contributed by atoms with E-state index in [4.69, 9.17) is 16.3 Å². The van der Waals surface area contributed by atoms with Crippen LogP contribution >= 0.6 is 11.6 Å². The van der Waals surface area contributed by atoms with E-state index >= 15 is 0 Å². The zero-order chi connectivity index (χ0) is 13.9. The number of carbonyl (C=O) groups excluding carboxylic acids is 2. The molecule has 1 aliphatic rings. The van der Waals surface area contributed by atoms with E-state index in [9.17, 15) is 9.59 Å². The van der Waals surface area contributed by atoms with E-state index in [0.717, 1.165) is 12.8 Å². The number of halogens is 1. The van der Waals surface area contributed by atoms with Crippen LogP contribution in [0.1, 0.15) is 40.0 Å². The van der Waals surface area contributed by atoms with Crippen molar-refractivity contribution in [1.29, 1.82) is 0 Å². The molecular formula is C13H20ClNO3. The number of allylic oxidation sites excluding steroid dienone is 1. The number of ketones is 1. The van der Waals surface area contributed by atoms with Crippen molar-refractivity contribution in [1.82, 2.24) is 4.90 Å². The summed E-state index contributed by atoms with van der Waals surface area (Å²) in [5, 5.41) is 0.292. The lowest BCUT2D eigenvalue weighted by molar-refractivity contribution is -0.119. The summed E-state index contributed by atoms with van der Waals surface area (Å²) < 4.78 is 5.29. The smallest absolute Gasteiger partial charge is 0.410 e. The third-order valence-corrected chi connectivity index (χ3v) is 2.48. The molecular weight excluding hydrogens is 254 g/mol. The van der Waals surface area contributed by atoms with Crippen molar-refractivity contribution >= 4 is 23.5 Å². The molecule has 1 amide bonds. The van der Waals surface area contributed by atoms with Crippen LogP contribution in [-0.4, -0.2) is 35.0 Å². The number of hydrogen-bond donors (Lipinski definition) is 0. The van der Waals surface area contributed by atoms with Crippen LogP contribution in [0.4, 0.5) is 4.79 Å². The summed E-state index contributed by atoms with van der Waals surface area (Å²) in [6.45, 7) is 8.94. The van der Waals surface area contributed by atoms with Gasteiger partial charge in [0, 0.05) is 17.5 Å². The molecule has 0 radical (unpaired) electrons. The number of rotatable bonds is 5. The van der Waals surface area contributed by atoms with Crippen LogP contribution in [0.2, 0.25) is 0 Å². The lowest BCUT2D eigenvalue weighted by atomic mass is 10.2. The van der Waals surface area contributed by atoms with Crippen molar-refractivity contribution in [2.24, 2.45) is 0 Å². The summed E-state index contributed by atoms with van der Waals surface area (Å²) in [6, 6.07) is 0.132. The van der Waals surface area contributed by atoms with Crippen molar-refractivity contribution in [3.8, 4) is 0 Å². The molecule has 102 valence electrons. The highest BCUT2D eigenvalue weighted by Crippen LogP contribution is 2.28. The Bertz CT molecular complexity index is 356. The molecule has 4 nitrogen and oxygen atoms in total. The molecule has 0 aromatic heterocycles. The largest absolute Gasteiger partial charge is 0.444 e. The quantitative estimate of drug-likeness (QED) is 0.773. The number of hydrogen-bond acceptors (Lipinski definition) is 3. The number of nitrogens with zero attached hydrogens (tertiary/aromatic N) is 1. The van der Waals surface area contributed by atoms with Crippen molar-refractivity contribution in [2.45, 2.75) is 51.7 Å². The maximum Gasteiger partial charge on any atom is 0.410 e. The Kier molecular flexibility index (Phi) is 4.79. The van der Waals surface area contributed by atoms with Gasteiger partial charge in [-0.3, -0.25) is 9.69 Å². The maximum atomic E-state index is 12.0. The molecule has 0 heterocycles. The first-order chi connectivity index (χ1) is 8.19. The van der Waals surface area contributed by atoms with Crippen LogP contribution < -0.4 is 0 Å². The Morgan fingerprint density at radius 1 is 1.39 bits per heavy atom. The third-order valence-electron chi connectivity index (χ3n) is 2.35. The van der Waals surface area contributed by atoms with Gasteiger partial charge >= 0.3 is 6.09 Å². The van der Waals surface area contributed by atoms with Crippen molar-refractivity contribution in [3.05, 3.63) is 11.6 Å². The minimum Gasteiger partial charge on any atom is -0.444 e. The van der Waals surface area contributed by atoms with Gasteiger partial charge in [0.1, 0.15) is 5.60 Å². The van der Waals surface area contributed by atoms with E-state index in [2.05, 4.69) is 6.58 Å². The summed E-state index contributed by atoms with van der Waals surface area (Å²) >= 11 is 5.59. The first kappa shape index (κ1) is 15.0. The van der Waals surface area contributed by atoms with Crippen LogP contribution in [0, 0.1) is 0 Å². The highest BCUT2D eigenvalue weighted by Gasteiger charge is 2.36. The molecule has 0 spiro atoms. The molecule has 0 bridgehead atoms. The van der Waals surface area contributed by atoms with Gasteiger partial charge in [-0.25, -0.2) is 4.79 Å². The van der Waals surface area contributed by atoms with Gasteiger partial charge in [-0.2, -0.15) is 0 Å². The van der Waals surface area contributed by atoms with Gasteiger partial charge in [-0.05, 0) is 33.6 Å². The van der Waals surface area contributed by atoms with Crippen LogP contribution in [0.3, 0.4) is 0 Å². The molecule has 0 aliphatic heterocycles. The average Bonchev–Trinajstić information content (AvgIpc) is 2.92. The van der Waals surface area contributed by atoms with Crippen molar-refractivity contribution in [2.75, 3.05) is 6.54 Å². The molecule has 0 aromatic rings. The zero-order valence-electron chi connectivity index (χ0n) is 11.2. The number of ether oxygens (including phenoxy) is 1. The van der Waals surface area contributed by atoms with Crippen LogP contribution in [0.15, 0.2) is 11.6 Å². The molecule has 0 unspecified atom stereocenters. The second-order valence-corrected chi connectivity index (χ2v) is 6.11. The normalized spacial score (nSPS) is 15.1. The predicted molar refractivity (Wildman–Crippen MR) is 70.6 cm³/mol. The second kappa shape index (κ2) is 5.74. The zero-order valence-corrected chi connectivity index (χ0v) is 11.9. The van der Waals surface area contributed by atoms with Gasteiger partial charge in [-0.1, -0.05) is 18.2 Å². The summed E-state index contributed by atoms with van der Waals surface area (Å²) in [6.07, 6.45) is 1.51. The van der Waals surface area contributed by atoms with Crippen LogP contribution in [0.5, 0.6) is 0 Å². The molecule has 1 fully saturated rings. The maximum absolute atomic E-state index is 12.0. The number of carbonyl (C=O) groups is 2. The fourth-order valence-corrected chi connectivity index (χ4v) is 1.66. The Morgan fingerprint density at radius 3 is 2.33 bits per heavy atom. The molecule has 0 aromatic carbocycles. The second-order valence-electron chi connectivity index (χ2n) is 5.57. The monoisotopic (exact) mass is 273 g/mol. The predicted octanol–water partition coefficient (Wildman–Crippen LogP) is 3.10. The van der Waals surface area contributed by atoms with E-state index < -0.39 is 11.7 Å². The third kappa shape index (κ3) is 5.54. The van der Waals surface area contributed by atoms with Gasteiger partial charge < -0.3 is 4.74 Å². The summed E-state index contributed by atoms with van der Waals surface area (Å²) in [5.41, 5.74) is -0.552. The number of amides is 1. The molecule has 5 heteroatoms. The highest BCUT2D eigenvalue weighted by atomic mass is 35.5. The Labute approximate surface area is 113 Å². The highest BCUT2D eigenvalue weighted by molar-refractivity contribution is 6.30. The fourth-order valence-electron chi connectivity index (χ4n) is 1.51. The van der Waals surface area contributed by atoms with Crippen molar-refractivity contribution < 1.29 is 14.3 Å². The Hall–Kier alpha value is -1.03. The van der Waals surface area contributed by atoms with E-state index in [1.54, 1.807) is 20.8 Å². The summed E-state index contributed by atoms with van der Waals surface area (Å²) in [5.74, 6) is -0.118. The summed E-state index contributed by atoms with van der Waals surface area (Å²) in [7, 11) is 0. The van der Waals surface area contributed by atoms with Crippen LogP contribution in [0.25, 0.3) is 0 Å². The van der Waals surface area contributed by atoms with Gasteiger partial charge in [0.05, 0.1) is 6.54 Å². The molecule has 1 aliphatic carbocycles. The van der Waals surface area contributed by atoms with E-state index in [1.807, 2.05) is 0 Å². The van der Waals surface area contributed by atoms with Gasteiger partial charge in [0.2, 0.25) is 0 Å². The number of Topliss-reactive ketones (excluding diaryl/α,β-unsaturated/α-hetero) is 1. The SMILES string of the molecule is C=C(Cl)CC(=O)CN(C(=O)OC(C)(C)C)C1CC1. The van der Waals surface area contributed by atoms with Gasteiger partial charge in [0.15, 0.2) is 5.78 Å². The molecule has 0 N–H and O–H groups in total. The minimum atomic E-state index is -0.552. The van der Waals surface area contributed by atoms with Gasteiger partial charge in [0.25, 0.3) is 0 Å². The van der Waals surface area contributed by atoms with E-state index in [1.165, 1.54) is 4.90 Å². The van der Waals surface area contributed by atoms with Crippen molar-refractivity contribution in [3.63, 3.8) is 0 Å². The lowest BCUT2D eigenvalue weighted by Gasteiger charge is -2.27. The molecule has 1 saturated carbocycles. The standard InChI is InChI=1S/C13H20ClNO3/c1-9(14)7-11(16)8-15(10-5-6-10)12(17)18-13(2,3)4/h10H,1,5-8H2,2-4H3. The summed E-state index contributed by atoms with van der Waals surface area (Å²) in [4.78, 5) is 25.1. The van der Waals surface area contributed by atoms with E-state index in [0.29, 0.717) is 5.03 Å². The molecule has 1 rings (SSSR count). The minimum absolute atomic E-state index is 0.0469. The first-order valence-electron chi connectivity index (χ1n) is 6.03. The van der Waals surface area contributed by atoms with E-state index in [-0.39, 0.29) is 24.8 Å². The Morgan fingerprint density at radius 2 is 1.94 bits per heavy atom.